The first-order valence-corrected chi connectivity index (χ1v) is 19.2. The van der Waals surface area contributed by atoms with Crippen LogP contribution in [-0.4, -0.2) is 78.3 Å². The summed E-state index contributed by atoms with van der Waals surface area (Å²) in [6.07, 6.45) is 4.84. The first-order chi connectivity index (χ1) is 24.1. The average molecular weight is 718 g/mol. The molecule has 5 amide bonds. The largest absolute Gasteiger partial charge is 0.347 e. The number of hydrogen-bond acceptors (Lipinski definition) is 7. The molecule has 6 rings (SSSR count). The molecule has 272 valence electrons. The second-order valence-corrected chi connectivity index (χ2v) is 17.5. The van der Waals surface area contributed by atoms with Crippen LogP contribution in [-0.2, 0) is 29.2 Å². The van der Waals surface area contributed by atoms with Gasteiger partial charge in [-0.25, -0.2) is 8.42 Å². The van der Waals surface area contributed by atoms with Crippen molar-refractivity contribution >= 4 is 39.6 Å². The lowest BCUT2D eigenvalue weighted by molar-refractivity contribution is -0.144. The SMILES string of the molecule is C=C[C@H]1C[C@]1(NC(=O)[C@@H]1C[C@@H](NC(=O)c2ccccc2-c2ccccc2)CN1C(=O)[C@@H](NC(=O)CC1CC1)C(C)(C)C)C(=O)NS(=O)(=O)C1CC1. The number of carbonyl (C=O) groups is 5. The zero-order valence-electron chi connectivity index (χ0n) is 29.3. The van der Waals surface area contributed by atoms with Crippen LogP contribution < -0.4 is 20.7 Å². The molecule has 3 aliphatic carbocycles. The van der Waals surface area contributed by atoms with Gasteiger partial charge in [0.1, 0.15) is 17.6 Å². The van der Waals surface area contributed by atoms with Gasteiger partial charge < -0.3 is 20.9 Å². The lowest BCUT2D eigenvalue weighted by Gasteiger charge is -2.35. The highest BCUT2D eigenvalue weighted by molar-refractivity contribution is 7.91. The van der Waals surface area contributed by atoms with E-state index in [-0.39, 0.29) is 31.2 Å². The number of hydrogen-bond donors (Lipinski definition) is 4. The summed E-state index contributed by atoms with van der Waals surface area (Å²) in [7, 11) is -3.89. The van der Waals surface area contributed by atoms with Crippen LogP contribution in [0, 0.1) is 17.3 Å². The molecule has 0 unspecified atom stereocenters. The molecule has 1 saturated heterocycles. The van der Waals surface area contributed by atoms with Crippen LogP contribution in [0.2, 0.25) is 0 Å². The van der Waals surface area contributed by atoms with Crippen molar-refractivity contribution in [1.82, 2.24) is 25.6 Å². The van der Waals surface area contributed by atoms with Crippen molar-refractivity contribution in [2.75, 3.05) is 6.54 Å². The molecule has 2 aromatic carbocycles. The van der Waals surface area contributed by atoms with E-state index in [1.165, 1.54) is 11.0 Å². The number of carbonyl (C=O) groups excluding carboxylic acids is 5. The number of nitrogens with one attached hydrogen (secondary N) is 4. The van der Waals surface area contributed by atoms with E-state index in [0.717, 1.165) is 24.0 Å². The van der Waals surface area contributed by atoms with Crippen LogP contribution in [0.15, 0.2) is 67.3 Å². The highest BCUT2D eigenvalue weighted by Gasteiger charge is 2.62. The summed E-state index contributed by atoms with van der Waals surface area (Å²) in [5.74, 6) is -2.84. The van der Waals surface area contributed by atoms with Gasteiger partial charge in [-0.1, -0.05) is 75.4 Å². The molecule has 0 aromatic heterocycles. The van der Waals surface area contributed by atoms with Crippen molar-refractivity contribution in [1.29, 1.82) is 0 Å². The van der Waals surface area contributed by atoms with Gasteiger partial charge in [0.15, 0.2) is 0 Å². The molecule has 0 radical (unpaired) electrons. The van der Waals surface area contributed by atoms with Gasteiger partial charge in [0, 0.05) is 30.5 Å². The van der Waals surface area contributed by atoms with Crippen LogP contribution in [0.25, 0.3) is 11.1 Å². The second kappa shape index (κ2) is 13.9. The molecule has 3 saturated carbocycles. The highest BCUT2D eigenvalue weighted by Crippen LogP contribution is 2.45. The Morgan fingerprint density at radius 2 is 1.65 bits per heavy atom. The molecular formula is C38H47N5O7S. The fourth-order valence-electron chi connectivity index (χ4n) is 6.88. The lowest BCUT2D eigenvalue weighted by atomic mass is 9.85. The zero-order valence-corrected chi connectivity index (χ0v) is 30.1. The third-order valence-corrected chi connectivity index (χ3v) is 12.1. The van der Waals surface area contributed by atoms with Crippen LogP contribution in [0.5, 0.6) is 0 Å². The first-order valence-electron chi connectivity index (χ1n) is 17.7. The Balaban J connectivity index is 1.26. The number of rotatable bonds is 13. The van der Waals surface area contributed by atoms with Gasteiger partial charge in [-0.3, -0.25) is 28.7 Å². The number of sulfonamides is 1. The molecule has 51 heavy (non-hydrogen) atoms. The van der Waals surface area contributed by atoms with Crippen molar-refractivity contribution in [2.24, 2.45) is 17.3 Å². The molecule has 0 spiro atoms. The Bertz CT molecular complexity index is 1830. The van der Waals surface area contributed by atoms with Gasteiger partial charge >= 0.3 is 0 Å². The Kier molecular flexibility index (Phi) is 9.88. The normalized spacial score (nSPS) is 24.9. The van der Waals surface area contributed by atoms with Crippen LogP contribution in [0.1, 0.15) is 76.1 Å². The molecule has 4 aliphatic rings. The van der Waals surface area contributed by atoms with E-state index in [1.807, 2.05) is 63.2 Å². The van der Waals surface area contributed by atoms with Gasteiger partial charge in [-0.05, 0) is 67.1 Å². The molecule has 12 nitrogen and oxygen atoms in total. The third kappa shape index (κ3) is 8.03. The molecule has 5 atom stereocenters. The van der Waals surface area contributed by atoms with Crippen LogP contribution >= 0.6 is 0 Å². The van der Waals surface area contributed by atoms with Crippen molar-refractivity contribution in [3.05, 3.63) is 72.8 Å². The average Bonchev–Trinajstić information content (AvgIpc) is 3.98. The molecule has 4 N–H and O–H groups in total. The van der Waals surface area contributed by atoms with Gasteiger partial charge in [-0.15, -0.1) is 6.58 Å². The molecule has 1 aliphatic heterocycles. The molecule has 13 heteroatoms. The minimum absolute atomic E-state index is 0.0264. The molecule has 1 heterocycles. The van der Waals surface area contributed by atoms with Crippen LogP contribution in [0.3, 0.4) is 0 Å². The maximum atomic E-state index is 14.4. The molecule has 4 fully saturated rings. The van der Waals surface area contributed by atoms with E-state index in [1.54, 1.807) is 12.1 Å². The maximum absolute atomic E-state index is 14.4. The summed E-state index contributed by atoms with van der Waals surface area (Å²) in [5, 5.41) is 8.09. The van der Waals surface area contributed by atoms with Crippen molar-refractivity contribution in [2.45, 2.75) is 94.6 Å². The number of nitrogens with zero attached hydrogens (tertiary/aromatic N) is 1. The molecular weight excluding hydrogens is 671 g/mol. The van der Waals surface area contributed by atoms with Crippen molar-refractivity contribution in [3.63, 3.8) is 0 Å². The Hall–Kier alpha value is -4.52. The summed E-state index contributed by atoms with van der Waals surface area (Å²) >= 11 is 0. The predicted octanol–water partition coefficient (Wildman–Crippen LogP) is 3.05. The highest BCUT2D eigenvalue weighted by atomic mass is 32.2. The smallest absolute Gasteiger partial charge is 0.259 e. The number of benzene rings is 2. The minimum atomic E-state index is -3.89. The van der Waals surface area contributed by atoms with E-state index < -0.39 is 68.0 Å². The van der Waals surface area contributed by atoms with Crippen molar-refractivity contribution in [3.8, 4) is 11.1 Å². The van der Waals surface area contributed by atoms with E-state index in [9.17, 15) is 32.4 Å². The summed E-state index contributed by atoms with van der Waals surface area (Å²) in [4.78, 5) is 70.2. The molecule has 2 aromatic rings. The summed E-state index contributed by atoms with van der Waals surface area (Å²) in [5.41, 5.74) is -0.273. The molecule has 0 bridgehead atoms. The van der Waals surface area contributed by atoms with Crippen molar-refractivity contribution < 1.29 is 32.4 Å². The summed E-state index contributed by atoms with van der Waals surface area (Å²) in [6.45, 7) is 9.23. The fraction of sp³-hybridized carbons (Fsp3) is 0.500. The Morgan fingerprint density at radius 3 is 2.25 bits per heavy atom. The second-order valence-electron chi connectivity index (χ2n) is 15.5. The van der Waals surface area contributed by atoms with E-state index >= 15 is 0 Å². The van der Waals surface area contributed by atoms with E-state index in [2.05, 4.69) is 27.3 Å². The Morgan fingerprint density at radius 1 is 0.980 bits per heavy atom. The van der Waals surface area contributed by atoms with E-state index in [4.69, 9.17) is 0 Å². The minimum Gasteiger partial charge on any atom is -0.347 e. The quantitative estimate of drug-likeness (QED) is 0.231. The maximum Gasteiger partial charge on any atom is 0.259 e. The van der Waals surface area contributed by atoms with Crippen LogP contribution in [0.4, 0.5) is 0 Å². The summed E-state index contributed by atoms with van der Waals surface area (Å²) in [6, 6.07) is 13.9. The summed E-state index contributed by atoms with van der Waals surface area (Å²) < 4.78 is 27.5. The van der Waals surface area contributed by atoms with Gasteiger partial charge in [-0.2, -0.15) is 0 Å². The van der Waals surface area contributed by atoms with Gasteiger partial charge in [0.2, 0.25) is 27.7 Å². The van der Waals surface area contributed by atoms with Gasteiger partial charge in [0.25, 0.3) is 11.8 Å². The monoisotopic (exact) mass is 717 g/mol. The fourth-order valence-corrected chi connectivity index (χ4v) is 8.25. The number of amides is 5. The van der Waals surface area contributed by atoms with Gasteiger partial charge in [0.05, 0.1) is 5.25 Å². The standard InChI is InChI=1S/C38H47N5O7S/c1-5-25-21-38(25,36(48)42-51(49,50)27-17-18-27)41-34(46)30-20-26(39-33(45)29-14-10-9-13-28(29)24-11-7-6-8-12-24)22-43(30)35(47)32(37(2,3)4)40-31(44)19-23-15-16-23/h5-14,23,25-27,30,32H,1,15-22H2,2-4H3,(H,39,45)(H,40,44)(H,41,46)(H,42,48)/t25-,26+,30-,32+,38+/m0/s1. The number of likely N-dealkylation sites (tertiary alicyclic amines) is 1. The Labute approximate surface area is 299 Å². The first kappa shape index (κ1) is 36.3. The predicted molar refractivity (Wildman–Crippen MR) is 191 cm³/mol. The van der Waals surface area contributed by atoms with E-state index in [0.29, 0.717) is 30.7 Å². The third-order valence-electron chi connectivity index (χ3n) is 10.3. The lowest BCUT2D eigenvalue weighted by Crippen LogP contribution is -2.60. The zero-order chi connectivity index (χ0) is 36.7. The topological polar surface area (TPSA) is 171 Å².